The molecule has 0 spiro atoms. The third kappa shape index (κ3) is 3.63. The van der Waals surface area contributed by atoms with Gasteiger partial charge in [-0.1, -0.05) is 42.5 Å². The Kier molecular flexibility index (Phi) is 3.97. The van der Waals surface area contributed by atoms with Crippen LogP contribution in [0.2, 0.25) is 0 Å². The van der Waals surface area contributed by atoms with Gasteiger partial charge in [-0.25, -0.2) is 4.79 Å². The number of nitrogens with one attached hydrogen (secondary N) is 1. The monoisotopic (exact) mass is 240 g/mol. The van der Waals surface area contributed by atoms with Crippen molar-refractivity contribution in [3.05, 3.63) is 72.6 Å². The van der Waals surface area contributed by atoms with Crippen molar-refractivity contribution < 1.29 is 9.53 Å². The van der Waals surface area contributed by atoms with Crippen LogP contribution in [0.5, 0.6) is 0 Å². The Hall–Kier alpha value is -2.29. The zero-order chi connectivity index (χ0) is 12.8. The van der Waals surface area contributed by atoms with E-state index < -0.39 is 6.09 Å². The summed E-state index contributed by atoms with van der Waals surface area (Å²) in [6.45, 7) is 4.04. The predicted octanol–water partition coefficient (Wildman–Crippen LogP) is 3.62. The van der Waals surface area contributed by atoms with Crippen molar-refractivity contribution in [2.75, 3.05) is 5.32 Å². The number of benzene rings is 2. The van der Waals surface area contributed by atoms with E-state index in [4.69, 9.17) is 4.74 Å². The second-order valence-corrected chi connectivity index (χ2v) is 3.88. The molecule has 0 aliphatic heterocycles. The standard InChI is InChI=1S/C15H14NO2/c1-12-7-9-14(10-8-12)16-15(17)18-11-13-5-3-2-4-6-13/h2-10H,1,11H2,(H,16,17). The predicted molar refractivity (Wildman–Crippen MR) is 71.2 cm³/mol. The highest BCUT2D eigenvalue weighted by Gasteiger charge is 2.03. The molecule has 0 heterocycles. The Morgan fingerprint density at radius 3 is 2.39 bits per heavy atom. The molecule has 0 aromatic heterocycles. The van der Waals surface area contributed by atoms with Gasteiger partial charge in [0.05, 0.1) is 0 Å². The van der Waals surface area contributed by atoms with Crippen molar-refractivity contribution in [2.45, 2.75) is 6.61 Å². The SMILES string of the molecule is [CH2]c1ccc(NC(=O)OCc2ccccc2)cc1. The summed E-state index contributed by atoms with van der Waals surface area (Å²) in [6.07, 6.45) is -0.462. The Balaban J connectivity index is 1.84. The maximum Gasteiger partial charge on any atom is 0.411 e. The third-order valence-electron chi connectivity index (χ3n) is 2.41. The highest BCUT2D eigenvalue weighted by molar-refractivity contribution is 5.84. The van der Waals surface area contributed by atoms with E-state index >= 15 is 0 Å². The second-order valence-electron chi connectivity index (χ2n) is 3.88. The van der Waals surface area contributed by atoms with Crippen LogP contribution in [-0.4, -0.2) is 6.09 Å². The zero-order valence-corrected chi connectivity index (χ0v) is 9.93. The van der Waals surface area contributed by atoms with E-state index in [2.05, 4.69) is 12.2 Å². The normalized spacial score (nSPS) is 9.83. The van der Waals surface area contributed by atoms with Crippen LogP contribution >= 0.6 is 0 Å². The molecule has 1 radical (unpaired) electrons. The molecule has 0 fully saturated rings. The van der Waals surface area contributed by atoms with E-state index in [1.54, 1.807) is 12.1 Å². The van der Waals surface area contributed by atoms with Gasteiger partial charge in [0.2, 0.25) is 0 Å². The topological polar surface area (TPSA) is 38.3 Å². The number of amides is 1. The van der Waals surface area contributed by atoms with Crippen LogP contribution in [0.3, 0.4) is 0 Å². The Bertz CT molecular complexity index is 506. The molecular formula is C15H14NO2. The molecule has 1 amide bonds. The van der Waals surface area contributed by atoms with E-state index in [0.29, 0.717) is 5.69 Å². The summed E-state index contributed by atoms with van der Waals surface area (Å²) in [5.74, 6) is 0. The molecule has 91 valence electrons. The van der Waals surface area contributed by atoms with Gasteiger partial charge in [0.1, 0.15) is 6.61 Å². The molecule has 2 rings (SSSR count). The van der Waals surface area contributed by atoms with Gasteiger partial charge in [0.15, 0.2) is 0 Å². The van der Waals surface area contributed by atoms with Crippen molar-refractivity contribution in [2.24, 2.45) is 0 Å². The fourth-order valence-corrected chi connectivity index (χ4v) is 1.47. The van der Waals surface area contributed by atoms with Gasteiger partial charge >= 0.3 is 6.09 Å². The highest BCUT2D eigenvalue weighted by Crippen LogP contribution is 2.09. The van der Waals surface area contributed by atoms with Crippen molar-refractivity contribution >= 4 is 11.8 Å². The van der Waals surface area contributed by atoms with E-state index in [1.807, 2.05) is 42.5 Å². The number of hydrogen-bond donors (Lipinski definition) is 1. The molecule has 18 heavy (non-hydrogen) atoms. The van der Waals surface area contributed by atoms with E-state index in [0.717, 1.165) is 11.1 Å². The molecule has 0 aliphatic rings. The minimum Gasteiger partial charge on any atom is -0.444 e. The summed E-state index contributed by atoms with van der Waals surface area (Å²) in [5.41, 5.74) is 2.56. The first kappa shape index (κ1) is 12.2. The molecule has 0 saturated carbocycles. The first-order chi connectivity index (χ1) is 8.74. The molecule has 2 aromatic carbocycles. The van der Waals surface area contributed by atoms with Crippen molar-refractivity contribution in [3.8, 4) is 0 Å². The molecule has 0 bridgehead atoms. The smallest absolute Gasteiger partial charge is 0.411 e. The molecule has 3 nitrogen and oxygen atoms in total. The largest absolute Gasteiger partial charge is 0.444 e. The third-order valence-corrected chi connectivity index (χ3v) is 2.41. The Morgan fingerprint density at radius 2 is 1.72 bits per heavy atom. The van der Waals surface area contributed by atoms with E-state index in [-0.39, 0.29) is 6.61 Å². The van der Waals surface area contributed by atoms with Crippen LogP contribution in [-0.2, 0) is 11.3 Å². The van der Waals surface area contributed by atoms with Crippen molar-refractivity contribution in [3.63, 3.8) is 0 Å². The van der Waals surface area contributed by atoms with Crippen LogP contribution in [0.1, 0.15) is 11.1 Å². The van der Waals surface area contributed by atoms with Gasteiger partial charge in [0.25, 0.3) is 0 Å². The lowest BCUT2D eigenvalue weighted by Gasteiger charge is -2.07. The Labute approximate surface area is 106 Å². The zero-order valence-electron chi connectivity index (χ0n) is 9.93. The van der Waals surface area contributed by atoms with Crippen molar-refractivity contribution in [1.29, 1.82) is 0 Å². The molecular weight excluding hydrogens is 226 g/mol. The lowest BCUT2D eigenvalue weighted by atomic mass is 10.2. The van der Waals surface area contributed by atoms with Crippen molar-refractivity contribution in [1.82, 2.24) is 0 Å². The van der Waals surface area contributed by atoms with Crippen LogP contribution in [0.15, 0.2) is 54.6 Å². The fourth-order valence-electron chi connectivity index (χ4n) is 1.47. The minimum atomic E-state index is -0.462. The maximum absolute atomic E-state index is 11.5. The summed E-state index contributed by atoms with van der Waals surface area (Å²) in [5, 5.41) is 2.65. The van der Waals surface area contributed by atoms with Gasteiger partial charge < -0.3 is 4.74 Å². The van der Waals surface area contributed by atoms with Crippen LogP contribution in [0.4, 0.5) is 10.5 Å². The summed E-state index contributed by atoms with van der Waals surface area (Å²) < 4.78 is 5.10. The highest BCUT2D eigenvalue weighted by atomic mass is 16.5. The average molecular weight is 240 g/mol. The molecule has 0 unspecified atom stereocenters. The second kappa shape index (κ2) is 5.87. The quantitative estimate of drug-likeness (QED) is 0.889. The minimum absolute atomic E-state index is 0.264. The molecule has 0 atom stereocenters. The Morgan fingerprint density at radius 1 is 1.06 bits per heavy atom. The first-order valence-corrected chi connectivity index (χ1v) is 5.64. The fraction of sp³-hybridized carbons (Fsp3) is 0.0667. The molecule has 2 aromatic rings. The number of rotatable bonds is 3. The van der Waals surface area contributed by atoms with E-state index in [1.165, 1.54) is 0 Å². The number of ether oxygens (including phenoxy) is 1. The maximum atomic E-state index is 11.5. The number of carbonyl (C=O) groups is 1. The summed E-state index contributed by atoms with van der Waals surface area (Å²) in [4.78, 5) is 11.5. The summed E-state index contributed by atoms with van der Waals surface area (Å²) in [7, 11) is 0. The molecule has 3 heteroatoms. The summed E-state index contributed by atoms with van der Waals surface area (Å²) >= 11 is 0. The summed E-state index contributed by atoms with van der Waals surface area (Å²) in [6, 6.07) is 16.8. The first-order valence-electron chi connectivity index (χ1n) is 5.64. The van der Waals surface area contributed by atoms with Crippen LogP contribution in [0.25, 0.3) is 0 Å². The number of hydrogen-bond acceptors (Lipinski definition) is 2. The molecule has 1 N–H and O–H groups in total. The number of carbonyl (C=O) groups excluding carboxylic acids is 1. The van der Waals surface area contributed by atoms with E-state index in [9.17, 15) is 4.79 Å². The lowest BCUT2D eigenvalue weighted by Crippen LogP contribution is -2.13. The number of anilines is 1. The van der Waals surface area contributed by atoms with Gasteiger partial charge in [-0.05, 0) is 30.2 Å². The average Bonchev–Trinajstić information content (AvgIpc) is 2.40. The van der Waals surface area contributed by atoms with Gasteiger partial charge in [-0.2, -0.15) is 0 Å². The van der Waals surface area contributed by atoms with Crippen LogP contribution < -0.4 is 5.32 Å². The van der Waals surface area contributed by atoms with Gasteiger partial charge in [0, 0.05) is 5.69 Å². The van der Waals surface area contributed by atoms with Gasteiger partial charge in [-0.3, -0.25) is 5.32 Å². The molecule has 0 saturated heterocycles. The van der Waals surface area contributed by atoms with Gasteiger partial charge in [-0.15, -0.1) is 0 Å². The molecule has 0 aliphatic carbocycles. The van der Waals surface area contributed by atoms with Crippen LogP contribution in [0, 0.1) is 6.92 Å². The lowest BCUT2D eigenvalue weighted by molar-refractivity contribution is 0.155.